The zero-order chi connectivity index (χ0) is 22.8. The third kappa shape index (κ3) is 4.66. The van der Waals surface area contributed by atoms with Gasteiger partial charge in [-0.15, -0.1) is 23.1 Å². The van der Waals surface area contributed by atoms with E-state index in [1.807, 2.05) is 32.9 Å². The number of hydrogen-bond donors (Lipinski definition) is 1. The number of thiophene rings is 1. The van der Waals surface area contributed by atoms with Crippen LogP contribution in [0.4, 0.5) is 5.69 Å². The van der Waals surface area contributed by atoms with E-state index in [0.29, 0.717) is 16.8 Å². The number of Topliss-reactive ketones (excluding diaryl/α,β-unsaturated/α-hetero) is 1. The van der Waals surface area contributed by atoms with Gasteiger partial charge in [0.15, 0.2) is 6.61 Å². The summed E-state index contributed by atoms with van der Waals surface area (Å²) in [6.45, 7) is 6.19. The molecule has 1 atom stereocenters. The quantitative estimate of drug-likeness (QED) is 0.395. The first-order valence-corrected chi connectivity index (χ1v) is 12.1. The monoisotopic (exact) mass is 468 g/mol. The SMILES string of the molecule is Cc1cc(C(=O)COC(=O)c2ccc3c(c2)NC(=O)C(C)S3)c(C)n1CCc1cccs1. The average molecular weight is 469 g/mol. The van der Waals surface area contributed by atoms with Crippen molar-refractivity contribution in [1.29, 1.82) is 0 Å². The molecule has 0 spiro atoms. The molecule has 8 heteroatoms. The minimum atomic E-state index is -0.592. The van der Waals surface area contributed by atoms with E-state index in [0.717, 1.165) is 29.2 Å². The van der Waals surface area contributed by atoms with E-state index >= 15 is 0 Å². The van der Waals surface area contributed by atoms with Gasteiger partial charge in [0.25, 0.3) is 0 Å². The number of nitrogens with zero attached hydrogens (tertiary/aromatic N) is 1. The highest BCUT2D eigenvalue weighted by Crippen LogP contribution is 2.36. The summed E-state index contributed by atoms with van der Waals surface area (Å²) in [5.41, 5.74) is 3.35. The maximum Gasteiger partial charge on any atom is 0.338 e. The van der Waals surface area contributed by atoms with Gasteiger partial charge in [-0.3, -0.25) is 9.59 Å². The fourth-order valence-electron chi connectivity index (χ4n) is 3.73. The fraction of sp³-hybridized carbons (Fsp3) is 0.292. The standard InChI is InChI=1S/C24H24N2O4S2/c1-14-11-19(15(2)26(14)9-8-18-5-4-10-31-18)21(27)13-30-24(29)17-6-7-22-20(12-17)25-23(28)16(3)32-22/h4-7,10-12,16H,8-9,13H2,1-3H3,(H,25,28). The van der Waals surface area contributed by atoms with Crippen LogP contribution in [0.15, 0.2) is 46.7 Å². The van der Waals surface area contributed by atoms with E-state index in [4.69, 9.17) is 4.74 Å². The number of nitrogens with one attached hydrogen (secondary N) is 1. The molecule has 0 fully saturated rings. The Balaban J connectivity index is 1.39. The number of benzene rings is 1. The zero-order valence-corrected chi connectivity index (χ0v) is 19.8. The van der Waals surface area contributed by atoms with Crippen LogP contribution >= 0.6 is 23.1 Å². The number of fused-ring (bicyclic) bond motifs is 1. The van der Waals surface area contributed by atoms with Crippen LogP contribution in [-0.4, -0.2) is 34.1 Å². The molecule has 0 saturated carbocycles. The van der Waals surface area contributed by atoms with Crippen molar-refractivity contribution < 1.29 is 19.1 Å². The summed E-state index contributed by atoms with van der Waals surface area (Å²) in [5, 5.41) is 4.68. The Hall–Kier alpha value is -2.84. The average Bonchev–Trinajstić information content (AvgIpc) is 3.38. The Kier molecular flexibility index (Phi) is 6.53. The van der Waals surface area contributed by atoms with E-state index in [-0.39, 0.29) is 23.5 Å². The van der Waals surface area contributed by atoms with Crippen LogP contribution in [0.5, 0.6) is 0 Å². The summed E-state index contributed by atoms with van der Waals surface area (Å²) < 4.78 is 7.42. The Morgan fingerprint density at radius 3 is 2.75 bits per heavy atom. The Bertz CT molecular complexity index is 1180. The molecule has 0 saturated heterocycles. The topological polar surface area (TPSA) is 77.4 Å². The van der Waals surface area contributed by atoms with Gasteiger partial charge in [-0.1, -0.05) is 6.07 Å². The lowest BCUT2D eigenvalue weighted by atomic mass is 10.1. The second-order valence-corrected chi connectivity index (χ2v) is 10.1. The second kappa shape index (κ2) is 9.34. The molecule has 0 aliphatic carbocycles. The number of carbonyl (C=O) groups excluding carboxylic acids is 3. The molecule has 4 rings (SSSR count). The number of esters is 1. The number of thioether (sulfide) groups is 1. The van der Waals surface area contributed by atoms with Crippen molar-refractivity contribution in [3.05, 3.63) is 69.2 Å². The smallest absolute Gasteiger partial charge is 0.338 e. The first-order chi connectivity index (χ1) is 15.3. The third-order valence-corrected chi connectivity index (χ3v) is 7.63. The molecule has 6 nitrogen and oxygen atoms in total. The first-order valence-electron chi connectivity index (χ1n) is 10.3. The predicted molar refractivity (Wildman–Crippen MR) is 127 cm³/mol. The fourth-order valence-corrected chi connectivity index (χ4v) is 5.36. The molecule has 1 unspecified atom stereocenters. The molecule has 1 amide bonds. The lowest BCUT2D eigenvalue weighted by Crippen LogP contribution is -2.26. The number of ether oxygens (including phenoxy) is 1. The van der Waals surface area contributed by atoms with Gasteiger partial charge in [0, 0.05) is 33.3 Å². The maximum absolute atomic E-state index is 12.8. The van der Waals surface area contributed by atoms with Gasteiger partial charge in [-0.2, -0.15) is 0 Å². The lowest BCUT2D eigenvalue weighted by molar-refractivity contribution is -0.115. The van der Waals surface area contributed by atoms with Crippen LogP contribution in [-0.2, 0) is 22.5 Å². The highest BCUT2D eigenvalue weighted by atomic mass is 32.2. The number of aromatic nitrogens is 1. The van der Waals surface area contributed by atoms with Crippen molar-refractivity contribution in [3.63, 3.8) is 0 Å². The van der Waals surface area contributed by atoms with E-state index in [2.05, 4.69) is 21.3 Å². The third-order valence-electron chi connectivity index (χ3n) is 5.52. The largest absolute Gasteiger partial charge is 0.454 e. The van der Waals surface area contributed by atoms with E-state index < -0.39 is 5.97 Å². The maximum atomic E-state index is 12.8. The van der Waals surface area contributed by atoms with Crippen LogP contribution < -0.4 is 5.32 Å². The normalized spacial score (nSPS) is 15.2. The number of rotatable bonds is 7. The van der Waals surface area contributed by atoms with Gasteiger partial charge < -0.3 is 14.6 Å². The molecule has 1 aromatic carbocycles. The molecule has 0 radical (unpaired) electrons. The summed E-state index contributed by atoms with van der Waals surface area (Å²) in [6.07, 6.45) is 0.905. The van der Waals surface area contributed by atoms with Crippen molar-refractivity contribution in [2.24, 2.45) is 0 Å². The minimum absolute atomic E-state index is 0.0994. The molecule has 1 aliphatic rings. The van der Waals surface area contributed by atoms with Crippen LogP contribution in [0.3, 0.4) is 0 Å². The van der Waals surface area contributed by atoms with Crippen molar-refractivity contribution >= 4 is 46.4 Å². The summed E-state index contributed by atoms with van der Waals surface area (Å²) in [5.74, 6) is -0.923. The van der Waals surface area contributed by atoms with E-state index in [1.54, 1.807) is 29.5 Å². The van der Waals surface area contributed by atoms with Crippen LogP contribution in [0.2, 0.25) is 0 Å². The Morgan fingerprint density at radius 2 is 2.00 bits per heavy atom. The predicted octanol–water partition coefficient (Wildman–Crippen LogP) is 4.88. The first kappa shape index (κ1) is 22.4. The number of ketones is 1. The summed E-state index contributed by atoms with van der Waals surface area (Å²) in [6, 6.07) is 11.0. The molecule has 166 valence electrons. The molecular weight excluding hydrogens is 444 g/mol. The van der Waals surface area contributed by atoms with Gasteiger partial charge in [-0.05, 0) is 62.9 Å². The minimum Gasteiger partial charge on any atom is -0.454 e. The van der Waals surface area contributed by atoms with E-state index in [1.165, 1.54) is 16.6 Å². The zero-order valence-electron chi connectivity index (χ0n) is 18.1. The van der Waals surface area contributed by atoms with Crippen LogP contribution in [0, 0.1) is 13.8 Å². The second-order valence-electron chi connectivity index (χ2n) is 7.73. The Labute approximate surface area is 195 Å². The number of carbonyl (C=O) groups is 3. The van der Waals surface area contributed by atoms with Gasteiger partial charge in [0.1, 0.15) is 0 Å². The molecule has 3 heterocycles. The van der Waals surface area contributed by atoms with Gasteiger partial charge in [-0.25, -0.2) is 4.79 Å². The van der Waals surface area contributed by atoms with Gasteiger partial charge in [0.2, 0.25) is 11.7 Å². The molecule has 32 heavy (non-hydrogen) atoms. The van der Waals surface area contributed by atoms with E-state index in [9.17, 15) is 14.4 Å². The summed E-state index contributed by atoms with van der Waals surface area (Å²) >= 11 is 3.17. The van der Waals surface area contributed by atoms with Crippen LogP contribution in [0.1, 0.15) is 43.9 Å². The molecule has 2 aromatic heterocycles. The van der Waals surface area contributed by atoms with Crippen LogP contribution in [0.25, 0.3) is 0 Å². The Morgan fingerprint density at radius 1 is 1.19 bits per heavy atom. The molecular formula is C24H24N2O4S2. The number of anilines is 1. The van der Waals surface area contributed by atoms with Crippen molar-refractivity contribution in [2.75, 3.05) is 11.9 Å². The molecule has 0 bridgehead atoms. The molecule has 1 aliphatic heterocycles. The molecule has 3 aromatic rings. The van der Waals surface area contributed by atoms with Crippen molar-refractivity contribution in [1.82, 2.24) is 4.57 Å². The van der Waals surface area contributed by atoms with Crippen molar-refractivity contribution in [3.8, 4) is 0 Å². The summed E-state index contributed by atoms with van der Waals surface area (Å²) in [4.78, 5) is 39.4. The van der Waals surface area contributed by atoms with Crippen molar-refractivity contribution in [2.45, 2.75) is 43.9 Å². The number of hydrogen-bond acceptors (Lipinski definition) is 6. The molecule has 1 N–H and O–H groups in total. The highest BCUT2D eigenvalue weighted by molar-refractivity contribution is 8.00. The number of amides is 1. The number of aryl methyl sites for hydroxylation is 2. The van der Waals surface area contributed by atoms with Gasteiger partial charge in [0.05, 0.1) is 16.5 Å². The highest BCUT2D eigenvalue weighted by Gasteiger charge is 2.24. The van der Waals surface area contributed by atoms with Gasteiger partial charge >= 0.3 is 5.97 Å². The lowest BCUT2D eigenvalue weighted by Gasteiger charge is -2.21. The summed E-state index contributed by atoms with van der Waals surface area (Å²) in [7, 11) is 0.